The monoisotopic (exact) mass is 194 g/mol. The minimum atomic E-state index is -0.270. The van der Waals surface area contributed by atoms with Gasteiger partial charge in [-0.15, -0.1) is 0 Å². The van der Waals surface area contributed by atoms with Crippen LogP contribution in [0.15, 0.2) is 12.3 Å². The fourth-order valence-corrected chi connectivity index (χ4v) is 1.65. The highest BCUT2D eigenvalue weighted by Gasteiger charge is 2.19. The van der Waals surface area contributed by atoms with Crippen molar-refractivity contribution in [2.75, 3.05) is 23.7 Å². The summed E-state index contributed by atoms with van der Waals surface area (Å²) in [5, 5.41) is 9.48. The lowest BCUT2D eigenvalue weighted by atomic mass is 10.1. The van der Waals surface area contributed by atoms with E-state index in [1.165, 1.54) is 0 Å². The van der Waals surface area contributed by atoms with Gasteiger partial charge in [-0.2, -0.15) is 4.98 Å². The smallest absolute Gasteiger partial charge is 0.227 e. The average molecular weight is 194 g/mol. The molecule has 0 radical (unpaired) electrons. The summed E-state index contributed by atoms with van der Waals surface area (Å²) in [6.45, 7) is 1.49. The zero-order valence-corrected chi connectivity index (χ0v) is 7.93. The normalized spacial score (nSPS) is 22.4. The summed E-state index contributed by atoms with van der Waals surface area (Å²) in [6, 6.07) is 1.66. The van der Waals surface area contributed by atoms with Crippen LogP contribution in [0, 0.1) is 0 Å². The van der Waals surface area contributed by atoms with Gasteiger partial charge in [-0.1, -0.05) is 0 Å². The van der Waals surface area contributed by atoms with Crippen LogP contribution < -0.4 is 10.6 Å². The van der Waals surface area contributed by atoms with E-state index in [1.54, 1.807) is 12.3 Å². The molecule has 1 saturated heterocycles. The van der Waals surface area contributed by atoms with Gasteiger partial charge in [-0.05, 0) is 18.9 Å². The summed E-state index contributed by atoms with van der Waals surface area (Å²) < 4.78 is 0. The Morgan fingerprint density at radius 2 is 2.43 bits per heavy atom. The third kappa shape index (κ3) is 1.93. The number of aliphatic hydroxyl groups is 1. The Labute approximate surface area is 82.6 Å². The maximum absolute atomic E-state index is 9.48. The molecule has 1 aromatic heterocycles. The van der Waals surface area contributed by atoms with Gasteiger partial charge in [-0.3, -0.25) is 0 Å². The van der Waals surface area contributed by atoms with Gasteiger partial charge in [0.2, 0.25) is 5.95 Å². The molecule has 1 aliphatic rings. The fraction of sp³-hybridized carbons (Fsp3) is 0.556. The highest BCUT2D eigenvalue weighted by atomic mass is 16.3. The molecule has 0 spiro atoms. The number of aliphatic hydroxyl groups excluding tert-OH is 1. The van der Waals surface area contributed by atoms with Crippen molar-refractivity contribution < 1.29 is 5.11 Å². The van der Waals surface area contributed by atoms with E-state index in [1.807, 2.05) is 4.90 Å². The van der Waals surface area contributed by atoms with Gasteiger partial charge in [-0.25, -0.2) is 4.98 Å². The lowest BCUT2D eigenvalue weighted by molar-refractivity contribution is 0.153. The predicted octanol–water partition coefficient (Wildman–Crippen LogP) is 0.0199. The first-order valence-corrected chi connectivity index (χ1v) is 4.77. The van der Waals surface area contributed by atoms with Crippen molar-refractivity contribution in [2.24, 2.45) is 0 Å². The van der Waals surface area contributed by atoms with E-state index in [9.17, 15) is 5.11 Å². The van der Waals surface area contributed by atoms with Crippen molar-refractivity contribution in [1.29, 1.82) is 0 Å². The van der Waals surface area contributed by atoms with E-state index in [0.29, 0.717) is 18.3 Å². The van der Waals surface area contributed by atoms with Crippen LogP contribution in [-0.4, -0.2) is 34.3 Å². The van der Waals surface area contributed by atoms with Crippen LogP contribution in [-0.2, 0) is 0 Å². The number of nitrogens with two attached hydrogens (primary N) is 1. The zero-order valence-electron chi connectivity index (χ0n) is 7.93. The molecule has 1 atom stereocenters. The second-order valence-corrected chi connectivity index (χ2v) is 3.52. The average Bonchev–Trinajstić information content (AvgIpc) is 2.18. The topological polar surface area (TPSA) is 75.3 Å². The summed E-state index contributed by atoms with van der Waals surface area (Å²) in [5.74, 6) is 1.08. The number of rotatable bonds is 1. The standard InChI is InChI=1S/C9H14N4O/c10-8-3-4-11-9(12-8)13-5-1-2-7(14)6-13/h3-4,7,14H,1-2,5-6H2,(H2,10,11,12). The van der Waals surface area contributed by atoms with Crippen LogP contribution in [0.5, 0.6) is 0 Å². The van der Waals surface area contributed by atoms with Crippen molar-refractivity contribution in [1.82, 2.24) is 9.97 Å². The molecule has 76 valence electrons. The summed E-state index contributed by atoms with van der Waals surface area (Å²) in [6.07, 6.45) is 3.20. The van der Waals surface area contributed by atoms with E-state index in [2.05, 4.69) is 9.97 Å². The maximum atomic E-state index is 9.48. The number of nitrogens with zero attached hydrogens (tertiary/aromatic N) is 3. The van der Waals surface area contributed by atoms with Gasteiger partial charge >= 0.3 is 0 Å². The van der Waals surface area contributed by atoms with Crippen molar-refractivity contribution in [3.8, 4) is 0 Å². The van der Waals surface area contributed by atoms with Crippen LogP contribution in [0.4, 0.5) is 11.8 Å². The number of hydrogen-bond acceptors (Lipinski definition) is 5. The Balaban J connectivity index is 2.14. The molecule has 3 N–H and O–H groups in total. The minimum Gasteiger partial charge on any atom is -0.391 e. The predicted molar refractivity (Wildman–Crippen MR) is 53.9 cm³/mol. The molecule has 1 aliphatic heterocycles. The molecule has 1 unspecified atom stereocenters. The Hall–Kier alpha value is -1.36. The van der Waals surface area contributed by atoms with E-state index >= 15 is 0 Å². The first kappa shape index (κ1) is 9.21. The Kier molecular flexibility index (Phi) is 2.49. The molecular weight excluding hydrogens is 180 g/mol. The molecule has 14 heavy (non-hydrogen) atoms. The summed E-state index contributed by atoms with van der Waals surface area (Å²) in [5.41, 5.74) is 5.56. The Bertz CT molecular complexity index is 317. The van der Waals surface area contributed by atoms with Gasteiger partial charge in [0.15, 0.2) is 0 Å². The summed E-state index contributed by atoms with van der Waals surface area (Å²) in [7, 11) is 0. The molecule has 0 bridgehead atoms. The molecular formula is C9H14N4O. The second-order valence-electron chi connectivity index (χ2n) is 3.52. The van der Waals surface area contributed by atoms with Crippen LogP contribution in [0.3, 0.4) is 0 Å². The number of nitrogen functional groups attached to an aromatic ring is 1. The number of piperidine rings is 1. The van der Waals surface area contributed by atoms with Crippen LogP contribution in [0.25, 0.3) is 0 Å². The number of anilines is 2. The van der Waals surface area contributed by atoms with Crippen molar-refractivity contribution in [2.45, 2.75) is 18.9 Å². The molecule has 1 fully saturated rings. The second kappa shape index (κ2) is 3.79. The van der Waals surface area contributed by atoms with E-state index in [-0.39, 0.29) is 6.10 Å². The third-order valence-corrected chi connectivity index (χ3v) is 2.34. The van der Waals surface area contributed by atoms with Gasteiger partial charge in [0.05, 0.1) is 6.10 Å². The molecule has 1 aromatic rings. The van der Waals surface area contributed by atoms with E-state index < -0.39 is 0 Å². The van der Waals surface area contributed by atoms with Gasteiger partial charge in [0, 0.05) is 19.3 Å². The van der Waals surface area contributed by atoms with Crippen LogP contribution in [0.2, 0.25) is 0 Å². The number of β-amino-alcohol motifs (C(OH)–C–C–N with tert-alkyl or cyclic N) is 1. The van der Waals surface area contributed by atoms with Gasteiger partial charge in [0.25, 0.3) is 0 Å². The van der Waals surface area contributed by atoms with Crippen molar-refractivity contribution in [3.63, 3.8) is 0 Å². The molecule has 2 heterocycles. The SMILES string of the molecule is Nc1ccnc(N2CCCC(O)C2)n1. The van der Waals surface area contributed by atoms with E-state index in [4.69, 9.17) is 5.73 Å². The molecule has 0 saturated carbocycles. The molecule has 5 nitrogen and oxygen atoms in total. The molecule has 2 rings (SSSR count). The first-order valence-electron chi connectivity index (χ1n) is 4.77. The maximum Gasteiger partial charge on any atom is 0.227 e. The third-order valence-electron chi connectivity index (χ3n) is 2.34. The van der Waals surface area contributed by atoms with E-state index in [0.717, 1.165) is 19.4 Å². The van der Waals surface area contributed by atoms with Crippen molar-refractivity contribution >= 4 is 11.8 Å². The zero-order chi connectivity index (χ0) is 9.97. The van der Waals surface area contributed by atoms with Gasteiger partial charge in [0.1, 0.15) is 5.82 Å². The lowest BCUT2D eigenvalue weighted by Gasteiger charge is -2.29. The first-order chi connectivity index (χ1) is 6.75. The van der Waals surface area contributed by atoms with Crippen molar-refractivity contribution in [3.05, 3.63) is 12.3 Å². The van der Waals surface area contributed by atoms with Gasteiger partial charge < -0.3 is 15.7 Å². The molecule has 0 aromatic carbocycles. The number of hydrogen-bond donors (Lipinski definition) is 2. The lowest BCUT2D eigenvalue weighted by Crippen LogP contribution is -2.39. The number of aromatic nitrogens is 2. The molecule has 5 heteroatoms. The van der Waals surface area contributed by atoms with Crippen LogP contribution in [0.1, 0.15) is 12.8 Å². The highest BCUT2D eigenvalue weighted by Crippen LogP contribution is 2.15. The summed E-state index contributed by atoms with van der Waals surface area (Å²) in [4.78, 5) is 10.2. The minimum absolute atomic E-state index is 0.270. The Morgan fingerprint density at radius 3 is 3.14 bits per heavy atom. The molecule has 0 amide bonds. The highest BCUT2D eigenvalue weighted by molar-refractivity contribution is 5.38. The fourth-order valence-electron chi connectivity index (χ4n) is 1.65. The van der Waals surface area contributed by atoms with Crippen LogP contribution >= 0.6 is 0 Å². The largest absolute Gasteiger partial charge is 0.391 e. The summed E-state index contributed by atoms with van der Waals surface area (Å²) >= 11 is 0. The quantitative estimate of drug-likeness (QED) is 0.659. The molecule has 0 aliphatic carbocycles. The Morgan fingerprint density at radius 1 is 1.57 bits per heavy atom.